The number of alkyl halides is 6. The van der Waals surface area contributed by atoms with Crippen molar-refractivity contribution in [1.82, 2.24) is 10.3 Å². The summed E-state index contributed by atoms with van der Waals surface area (Å²) >= 11 is 3.53. The molecule has 1 saturated heterocycles. The number of rotatable bonds is 6. The molecule has 1 aromatic heterocycles. The van der Waals surface area contributed by atoms with E-state index in [1.54, 1.807) is 24.3 Å². The van der Waals surface area contributed by atoms with Gasteiger partial charge in [0.25, 0.3) is 0 Å². The summed E-state index contributed by atoms with van der Waals surface area (Å²) in [7, 11) is 1.40. The van der Waals surface area contributed by atoms with Gasteiger partial charge in [0.1, 0.15) is 5.82 Å². The van der Waals surface area contributed by atoms with Crippen LogP contribution in [0.2, 0.25) is 0 Å². The fraction of sp³-hybridized carbons (Fsp3) is 0.367. The van der Waals surface area contributed by atoms with Crippen LogP contribution in [-0.4, -0.2) is 43.0 Å². The van der Waals surface area contributed by atoms with Crippen LogP contribution in [0.25, 0.3) is 11.1 Å². The standard InChI is InChI=1S/C30H29BrF6N4O2/c1-17(42)39-21-9-10-41(16-21)26-14-23(22-7-5-6-8-24(22)31)25(15-38-26)40(4)27(43)28(2,3)18-11-19(29(32,33)34)13-20(12-18)30(35,36)37/h5-8,11-15,21H,9-10,16H2,1-4H3,(H,39,42). The van der Waals surface area contributed by atoms with Gasteiger partial charge in [-0.1, -0.05) is 34.1 Å². The number of carbonyl (C=O) groups is 2. The average molecular weight is 671 g/mol. The third kappa shape index (κ3) is 6.97. The Labute approximate surface area is 253 Å². The first-order valence-corrected chi connectivity index (χ1v) is 14.0. The summed E-state index contributed by atoms with van der Waals surface area (Å²) in [6.07, 6.45) is -7.95. The zero-order chi connectivity index (χ0) is 31.9. The number of hydrogen-bond donors (Lipinski definition) is 1. The van der Waals surface area contributed by atoms with E-state index >= 15 is 0 Å². The smallest absolute Gasteiger partial charge is 0.354 e. The van der Waals surface area contributed by atoms with Crippen molar-refractivity contribution in [2.45, 2.75) is 51.0 Å². The number of nitrogens with one attached hydrogen (secondary N) is 1. The van der Waals surface area contributed by atoms with Gasteiger partial charge in [-0.05, 0) is 61.7 Å². The Morgan fingerprint density at radius 2 is 1.53 bits per heavy atom. The SMILES string of the molecule is CC(=O)NC1CCN(c2cc(-c3ccccc3Br)c(N(C)C(=O)C(C)(C)c3cc(C(F)(F)F)cc(C(F)(F)F)c3)cn2)C1. The average Bonchev–Trinajstić information content (AvgIpc) is 3.38. The van der Waals surface area contributed by atoms with Gasteiger partial charge < -0.3 is 15.1 Å². The highest BCUT2D eigenvalue weighted by Gasteiger charge is 2.41. The van der Waals surface area contributed by atoms with Crippen LogP contribution in [0.5, 0.6) is 0 Å². The number of aromatic nitrogens is 1. The summed E-state index contributed by atoms with van der Waals surface area (Å²) in [6, 6.07) is 10.1. The number of pyridine rings is 1. The van der Waals surface area contributed by atoms with Crippen LogP contribution >= 0.6 is 15.9 Å². The molecule has 2 heterocycles. The normalized spacial score (nSPS) is 15.9. The molecule has 0 saturated carbocycles. The first-order valence-electron chi connectivity index (χ1n) is 13.2. The molecule has 3 aromatic rings. The molecule has 2 aromatic carbocycles. The van der Waals surface area contributed by atoms with E-state index in [4.69, 9.17) is 0 Å². The number of nitrogens with zero attached hydrogens (tertiary/aromatic N) is 3. The van der Waals surface area contributed by atoms with Crippen molar-refractivity contribution in [3.05, 3.63) is 75.9 Å². The minimum absolute atomic E-state index is 0.0380. The summed E-state index contributed by atoms with van der Waals surface area (Å²) in [5.74, 6) is -0.306. The third-order valence-corrected chi connectivity index (χ3v) is 8.15. The van der Waals surface area contributed by atoms with Crippen molar-refractivity contribution in [2.24, 2.45) is 0 Å². The number of likely N-dealkylation sites (N-methyl/N-ethyl adjacent to an activating group) is 1. The van der Waals surface area contributed by atoms with Gasteiger partial charge in [0.05, 0.1) is 28.4 Å². The minimum atomic E-state index is -5.05. The molecule has 0 spiro atoms. The number of halogens is 7. The van der Waals surface area contributed by atoms with Crippen LogP contribution in [0.1, 0.15) is 43.9 Å². The van der Waals surface area contributed by atoms with Gasteiger partial charge in [0.2, 0.25) is 11.8 Å². The van der Waals surface area contributed by atoms with Crippen LogP contribution in [0.3, 0.4) is 0 Å². The maximum absolute atomic E-state index is 13.9. The molecule has 1 aliphatic heterocycles. The molecular weight excluding hydrogens is 642 g/mol. The van der Waals surface area contributed by atoms with Gasteiger partial charge in [-0.15, -0.1) is 0 Å². The van der Waals surface area contributed by atoms with Crippen LogP contribution in [0, 0.1) is 0 Å². The molecule has 1 aliphatic rings. The van der Waals surface area contributed by atoms with Crippen LogP contribution in [0.4, 0.5) is 37.8 Å². The highest BCUT2D eigenvalue weighted by molar-refractivity contribution is 9.10. The predicted molar refractivity (Wildman–Crippen MR) is 155 cm³/mol. The largest absolute Gasteiger partial charge is 0.416 e. The maximum atomic E-state index is 13.9. The van der Waals surface area contributed by atoms with Crippen molar-refractivity contribution in [1.29, 1.82) is 0 Å². The second-order valence-corrected chi connectivity index (χ2v) is 11.8. The number of amides is 2. The molecule has 1 N–H and O–H groups in total. The van der Waals surface area contributed by atoms with Crippen LogP contribution in [-0.2, 0) is 27.4 Å². The van der Waals surface area contributed by atoms with Gasteiger partial charge in [0, 0.05) is 43.1 Å². The monoisotopic (exact) mass is 670 g/mol. The molecule has 43 heavy (non-hydrogen) atoms. The fourth-order valence-corrected chi connectivity index (χ4v) is 5.61. The number of anilines is 2. The lowest BCUT2D eigenvalue weighted by Gasteiger charge is -2.32. The number of benzene rings is 2. The Balaban J connectivity index is 1.77. The van der Waals surface area contributed by atoms with E-state index in [1.165, 1.54) is 38.9 Å². The van der Waals surface area contributed by atoms with Crippen molar-refractivity contribution in [3.8, 4) is 11.1 Å². The number of carbonyl (C=O) groups excluding carboxylic acids is 2. The van der Waals surface area contributed by atoms with Gasteiger partial charge in [-0.3, -0.25) is 9.59 Å². The fourth-order valence-electron chi connectivity index (χ4n) is 5.11. The van der Waals surface area contributed by atoms with Crippen molar-refractivity contribution < 1.29 is 35.9 Å². The van der Waals surface area contributed by atoms with E-state index < -0.39 is 40.4 Å². The Bertz CT molecular complexity index is 1510. The van der Waals surface area contributed by atoms with Crippen molar-refractivity contribution >= 4 is 39.2 Å². The molecule has 2 amide bonds. The Hall–Kier alpha value is -3.61. The zero-order valence-corrected chi connectivity index (χ0v) is 25.3. The van der Waals surface area contributed by atoms with Gasteiger partial charge in [-0.2, -0.15) is 26.3 Å². The summed E-state index contributed by atoms with van der Waals surface area (Å²) in [5, 5.41) is 2.89. The molecule has 1 unspecified atom stereocenters. The van der Waals surface area contributed by atoms with Gasteiger partial charge in [0.15, 0.2) is 0 Å². The summed E-state index contributed by atoms with van der Waals surface area (Å²) in [4.78, 5) is 33.2. The quantitative estimate of drug-likeness (QED) is 0.282. The van der Waals surface area contributed by atoms with E-state index in [9.17, 15) is 35.9 Å². The van der Waals surface area contributed by atoms with E-state index in [0.29, 0.717) is 58.7 Å². The predicted octanol–water partition coefficient (Wildman–Crippen LogP) is 7.20. The molecule has 1 atom stereocenters. The van der Waals surface area contributed by atoms with E-state index in [-0.39, 0.29) is 18.0 Å². The molecule has 0 aliphatic carbocycles. The number of hydrogen-bond acceptors (Lipinski definition) is 4. The maximum Gasteiger partial charge on any atom is 0.416 e. The lowest BCUT2D eigenvalue weighted by atomic mass is 9.81. The lowest BCUT2D eigenvalue weighted by molar-refractivity contribution is -0.143. The molecule has 0 radical (unpaired) electrons. The highest BCUT2D eigenvalue weighted by Crippen LogP contribution is 2.42. The summed E-state index contributed by atoms with van der Waals surface area (Å²) in [5.41, 5.74) is -3.66. The summed E-state index contributed by atoms with van der Waals surface area (Å²) in [6.45, 7) is 5.14. The lowest BCUT2D eigenvalue weighted by Crippen LogP contribution is -2.42. The molecule has 0 bridgehead atoms. The second kappa shape index (κ2) is 11.8. The van der Waals surface area contributed by atoms with Crippen molar-refractivity contribution in [2.75, 3.05) is 29.9 Å². The first kappa shape index (κ1) is 32.3. The molecular formula is C30H29BrF6N4O2. The second-order valence-electron chi connectivity index (χ2n) is 11.0. The molecule has 4 rings (SSSR count). The first-order chi connectivity index (χ1) is 19.9. The molecule has 6 nitrogen and oxygen atoms in total. The Morgan fingerprint density at radius 1 is 0.953 bits per heavy atom. The highest BCUT2D eigenvalue weighted by atomic mass is 79.9. The molecule has 230 valence electrons. The third-order valence-electron chi connectivity index (χ3n) is 7.46. The molecule has 13 heteroatoms. The van der Waals surface area contributed by atoms with Crippen LogP contribution < -0.4 is 15.1 Å². The van der Waals surface area contributed by atoms with Crippen molar-refractivity contribution in [3.63, 3.8) is 0 Å². The van der Waals surface area contributed by atoms with E-state index in [2.05, 4.69) is 26.2 Å². The summed E-state index contributed by atoms with van der Waals surface area (Å²) < 4.78 is 82.2. The Morgan fingerprint density at radius 3 is 2.09 bits per heavy atom. The van der Waals surface area contributed by atoms with Gasteiger partial charge >= 0.3 is 12.4 Å². The Kier molecular flexibility index (Phi) is 8.88. The topological polar surface area (TPSA) is 65.5 Å². The zero-order valence-electron chi connectivity index (χ0n) is 23.7. The van der Waals surface area contributed by atoms with Crippen LogP contribution in [0.15, 0.2) is 59.2 Å². The minimum Gasteiger partial charge on any atom is -0.354 e. The van der Waals surface area contributed by atoms with E-state index in [0.717, 1.165) is 0 Å². The van der Waals surface area contributed by atoms with Gasteiger partial charge in [-0.25, -0.2) is 4.98 Å². The molecule has 1 fully saturated rings. The van der Waals surface area contributed by atoms with E-state index in [1.807, 2.05) is 11.0 Å².